The van der Waals surface area contributed by atoms with Crippen LogP contribution in [0, 0.1) is 5.82 Å². The quantitative estimate of drug-likeness (QED) is 0.807. The first kappa shape index (κ1) is 11.4. The van der Waals surface area contributed by atoms with Crippen LogP contribution in [0.4, 0.5) is 15.8 Å². The van der Waals surface area contributed by atoms with Crippen LogP contribution in [0.2, 0.25) is 0 Å². The lowest BCUT2D eigenvalue weighted by Gasteiger charge is -2.23. The molecule has 1 amide bonds. The number of nitrogens with two attached hydrogens (primary N) is 1. The molecule has 0 radical (unpaired) electrons. The fraction of sp³-hybridized carbons (Fsp3) is 0.364. The molecule has 5 heteroatoms. The number of hydrogen-bond donors (Lipinski definition) is 1. The van der Waals surface area contributed by atoms with Gasteiger partial charge in [-0.3, -0.25) is 4.79 Å². The lowest BCUT2D eigenvalue weighted by Crippen LogP contribution is -2.31. The summed E-state index contributed by atoms with van der Waals surface area (Å²) in [6, 6.07) is 3.05. The summed E-state index contributed by atoms with van der Waals surface area (Å²) in [5.74, 6) is -0.507. The normalized spacial score (nSPS) is 20.6. The maximum Gasteiger partial charge on any atom is 0.227 e. The van der Waals surface area contributed by atoms with Crippen LogP contribution >= 0.6 is 15.9 Å². The Morgan fingerprint density at radius 2 is 2.25 bits per heavy atom. The van der Waals surface area contributed by atoms with Crippen molar-refractivity contribution in [3.8, 4) is 0 Å². The molecule has 1 unspecified atom stereocenters. The minimum absolute atomic E-state index is 0.00306. The smallest absolute Gasteiger partial charge is 0.227 e. The van der Waals surface area contributed by atoms with Gasteiger partial charge in [-0.05, 0) is 25.5 Å². The first-order valence-electron chi connectivity index (χ1n) is 5.07. The van der Waals surface area contributed by atoms with E-state index in [0.29, 0.717) is 16.6 Å². The number of rotatable bonds is 1. The second kappa shape index (κ2) is 4.05. The number of carbonyl (C=O) groups is 1. The van der Waals surface area contributed by atoms with Gasteiger partial charge in [0.05, 0.1) is 11.4 Å². The van der Waals surface area contributed by atoms with Gasteiger partial charge in [-0.1, -0.05) is 15.9 Å². The van der Waals surface area contributed by atoms with Crippen LogP contribution in [0.5, 0.6) is 0 Å². The van der Waals surface area contributed by atoms with Crippen LogP contribution in [-0.2, 0) is 4.79 Å². The molecule has 1 heterocycles. The molecule has 1 saturated heterocycles. The van der Waals surface area contributed by atoms with Crippen molar-refractivity contribution in [3.05, 3.63) is 22.4 Å². The Morgan fingerprint density at radius 3 is 2.81 bits per heavy atom. The lowest BCUT2D eigenvalue weighted by atomic mass is 10.2. The van der Waals surface area contributed by atoms with Crippen LogP contribution < -0.4 is 10.6 Å². The second-order valence-electron chi connectivity index (χ2n) is 3.97. The van der Waals surface area contributed by atoms with E-state index < -0.39 is 5.82 Å². The number of nitrogens with zero attached hydrogens (tertiary/aromatic N) is 1. The van der Waals surface area contributed by atoms with Gasteiger partial charge >= 0.3 is 0 Å². The molecule has 1 fully saturated rings. The monoisotopic (exact) mass is 286 g/mol. The van der Waals surface area contributed by atoms with Gasteiger partial charge < -0.3 is 10.6 Å². The van der Waals surface area contributed by atoms with Gasteiger partial charge in [0.2, 0.25) is 5.91 Å². The summed E-state index contributed by atoms with van der Waals surface area (Å²) in [5, 5.41) is 0. The van der Waals surface area contributed by atoms with Gasteiger partial charge in [0.1, 0.15) is 5.82 Å². The van der Waals surface area contributed by atoms with E-state index in [4.69, 9.17) is 5.73 Å². The molecule has 1 atom stereocenters. The third-order valence-corrected chi connectivity index (χ3v) is 3.28. The number of hydrogen-bond acceptors (Lipinski definition) is 2. The summed E-state index contributed by atoms with van der Waals surface area (Å²) >= 11 is 3.20. The largest absolute Gasteiger partial charge is 0.395 e. The molecule has 0 aromatic heterocycles. The zero-order chi connectivity index (χ0) is 11.9. The number of benzene rings is 1. The van der Waals surface area contributed by atoms with E-state index >= 15 is 0 Å². The van der Waals surface area contributed by atoms with Crippen molar-refractivity contribution < 1.29 is 9.18 Å². The molecule has 86 valence electrons. The predicted molar refractivity (Wildman–Crippen MR) is 64.7 cm³/mol. The van der Waals surface area contributed by atoms with E-state index in [1.165, 1.54) is 6.07 Å². The van der Waals surface area contributed by atoms with Crippen LogP contribution in [-0.4, -0.2) is 11.9 Å². The van der Waals surface area contributed by atoms with Gasteiger partial charge in [-0.2, -0.15) is 0 Å². The van der Waals surface area contributed by atoms with E-state index in [1.54, 1.807) is 11.0 Å². The molecule has 0 spiro atoms. The van der Waals surface area contributed by atoms with Gasteiger partial charge in [0, 0.05) is 16.9 Å². The molecule has 0 bridgehead atoms. The van der Waals surface area contributed by atoms with Crippen molar-refractivity contribution in [2.24, 2.45) is 0 Å². The molecule has 16 heavy (non-hydrogen) atoms. The van der Waals surface area contributed by atoms with E-state index in [1.807, 2.05) is 6.92 Å². The topological polar surface area (TPSA) is 46.3 Å². The van der Waals surface area contributed by atoms with Gasteiger partial charge in [0.15, 0.2) is 0 Å². The highest BCUT2D eigenvalue weighted by atomic mass is 79.9. The highest BCUT2D eigenvalue weighted by Crippen LogP contribution is 2.35. The van der Waals surface area contributed by atoms with E-state index in [2.05, 4.69) is 15.9 Å². The van der Waals surface area contributed by atoms with Crippen molar-refractivity contribution in [3.63, 3.8) is 0 Å². The number of anilines is 2. The number of carbonyl (C=O) groups excluding carboxylic acids is 1. The SMILES string of the molecule is CC1CCC(=O)N1c1cc(Br)cc(F)c1N. The Bertz CT molecular complexity index is 450. The Kier molecular flexibility index (Phi) is 2.88. The van der Waals surface area contributed by atoms with Crippen LogP contribution in [0.3, 0.4) is 0 Å². The Morgan fingerprint density at radius 1 is 1.56 bits per heavy atom. The van der Waals surface area contributed by atoms with E-state index in [0.717, 1.165) is 6.42 Å². The summed E-state index contributed by atoms with van der Waals surface area (Å²) in [4.78, 5) is 13.3. The fourth-order valence-corrected chi connectivity index (χ4v) is 2.39. The molecular weight excluding hydrogens is 275 g/mol. The number of nitrogen functional groups attached to an aromatic ring is 1. The molecule has 0 saturated carbocycles. The van der Waals surface area contributed by atoms with Crippen LogP contribution in [0.15, 0.2) is 16.6 Å². The van der Waals surface area contributed by atoms with E-state index in [9.17, 15) is 9.18 Å². The Labute approximate surface area is 102 Å². The molecule has 1 aromatic rings. The first-order chi connectivity index (χ1) is 7.50. The second-order valence-corrected chi connectivity index (χ2v) is 4.89. The fourth-order valence-electron chi connectivity index (χ4n) is 1.97. The minimum atomic E-state index is -0.503. The van der Waals surface area contributed by atoms with Gasteiger partial charge in [-0.25, -0.2) is 4.39 Å². The zero-order valence-corrected chi connectivity index (χ0v) is 10.4. The van der Waals surface area contributed by atoms with Crippen molar-refractivity contribution in [1.82, 2.24) is 0 Å². The predicted octanol–water partition coefficient (Wildman–Crippen LogP) is 2.69. The van der Waals surface area contributed by atoms with E-state index in [-0.39, 0.29) is 17.6 Å². The summed E-state index contributed by atoms with van der Waals surface area (Å²) in [6.45, 7) is 1.93. The Balaban J connectivity index is 2.51. The molecule has 1 aliphatic rings. The molecule has 2 rings (SSSR count). The van der Waals surface area contributed by atoms with Crippen LogP contribution in [0.25, 0.3) is 0 Å². The summed E-state index contributed by atoms with van der Waals surface area (Å²) in [7, 11) is 0. The van der Waals surface area contributed by atoms with Crippen molar-refractivity contribution in [2.45, 2.75) is 25.8 Å². The molecule has 2 N–H and O–H groups in total. The molecule has 0 aliphatic carbocycles. The average molecular weight is 287 g/mol. The highest BCUT2D eigenvalue weighted by Gasteiger charge is 2.30. The first-order valence-corrected chi connectivity index (χ1v) is 5.86. The van der Waals surface area contributed by atoms with Gasteiger partial charge in [-0.15, -0.1) is 0 Å². The van der Waals surface area contributed by atoms with Crippen molar-refractivity contribution in [2.75, 3.05) is 10.6 Å². The highest BCUT2D eigenvalue weighted by molar-refractivity contribution is 9.10. The average Bonchev–Trinajstić information content (AvgIpc) is 2.53. The zero-order valence-electron chi connectivity index (χ0n) is 8.84. The third kappa shape index (κ3) is 1.80. The molecule has 1 aromatic carbocycles. The maximum atomic E-state index is 13.5. The number of halogens is 2. The van der Waals surface area contributed by atoms with Crippen molar-refractivity contribution >= 4 is 33.2 Å². The summed E-state index contributed by atoms with van der Waals surface area (Å²) < 4.78 is 14.0. The molecular formula is C11H12BrFN2O. The molecule has 1 aliphatic heterocycles. The maximum absolute atomic E-state index is 13.5. The van der Waals surface area contributed by atoms with Crippen LogP contribution in [0.1, 0.15) is 19.8 Å². The third-order valence-electron chi connectivity index (χ3n) is 2.82. The standard InChI is InChI=1S/C11H12BrFN2O/c1-6-2-3-10(16)15(6)9-5-7(12)4-8(13)11(9)14/h4-6H,2-3,14H2,1H3. The van der Waals surface area contributed by atoms with Gasteiger partial charge in [0.25, 0.3) is 0 Å². The number of amides is 1. The lowest BCUT2D eigenvalue weighted by molar-refractivity contribution is -0.117. The minimum Gasteiger partial charge on any atom is -0.395 e. The Hall–Kier alpha value is -1.10. The molecule has 3 nitrogen and oxygen atoms in total. The van der Waals surface area contributed by atoms with Crippen molar-refractivity contribution in [1.29, 1.82) is 0 Å². The summed E-state index contributed by atoms with van der Waals surface area (Å²) in [5.41, 5.74) is 6.16. The summed E-state index contributed by atoms with van der Waals surface area (Å²) in [6.07, 6.45) is 1.28.